The van der Waals surface area contributed by atoms with Crippen molar-refractivity contribution in [3.63, 3.8) is 0 Å². The smallest absolute Gasteiger partial charge is 0.251 e. The van der Waals surface area contributed by atoms with Crippen LogP contribution < -0.4 is 5.32 Å². The van der Waals surface area contributed by atoms with Gasteiger partial charge in [-0.3, -0.25) is 14.4 Å². The summed E-state index contributed by atoms with van der Waals surface area (Å²) in [5.41, 5.74) is 0.0733. The Morgan fingerprint density at radius 1 is 0.962 bits per heavy atom. The summed E-state index contributed by atoms with van der Waals surface area (Å²) in [6, 6.07) is 0. The average Bonchev–Trinajstić information content (AvgIpc) is 2.60. The predicted molar refractivity (Wildman–Crippen MR) is 99.5 cm³/mol. The standard InChI is InChI=1S/C20H31NO5/c1-13-14(2)18(24)16(15(3)17(13)23)9-10-20(4,26)19(25)21-11-7-5-6-8-12-22/h22,26H,5-12H2,1-4H3,(H,21,25). The maximum Gasteiger partial charge on any atom is 0.251 e. The van der Waals surface area contributed by atoms with Gasteiger partial charge in [0.15, 0.2) is 11.6 Å². The minimum atomic E-state index is -1.61. The first-order valence-electron chi connectivity index (χ1n) is 9.21. The van der Waals surface area contributed by atoms with Crippen LogP contribution in [-0.4, -0.2) is 46.4 Å². The Morgan fingerprint density at radius 2 is 1.54 bits per heavy atom. The van der Waals surface area contributed by atoms with Gasteiger partial charge in [0.1, 0.15) is 5.60 Å². The van der Waals surface area contributed by atoms with Gasteiger partial charge in [0.2, 0.25) is 0 Å². The van der Waals surface area contributed by atoms with Gasteiger partial charge in [0.05, 0.1) is 0 Å². The number of nitrogens with one attached hydrogen (secondary N) is 1. The van der Waals surface area contributed by atoms with Crippen molar-refractivity contribution in [3.05, 3.63) is 22.3 Å². The maximum atomic E-state index is 12.4. The zero-order valence-corrected chi connectivity index (χ0v) is 16.3. The average molecular weight is 365 g/mol. The minimum absolute atomic E-state index is 0.0708. The van der Waals surface area contributed by atoms with E-state index in [9.17, 15) is 19.5 Å². The zero-order valence-electron chi connectivity index (χ0n) is 16.3. The molecule has 3 N–H and O–H groups in total. The molecule has 1 rings (SSSR count). The van der Waals surface area contributed by atoms with E-state index in [0.717, 1.165) is 25.7 Å². The third-order valence-corrected chi connectivity index (χ3v) is 5.03. The highest BCUT2D eigenvalue weighted by Gasteiger charge is 2.33. The van der Waals surface area contributed by atoms with Crippen LogP contribution >= 0.6 is 0 Å². The van der Waals surface area contributed by atoms with E-state index in [2.05, 4.69) is 5.32 Å². The van der Waals surface area contributed by atoms with Crippen molar-refractivity contribution in [2.75, 3.05) is 13.2 Å². The molecule has 0 saturated carbocycles. The van der Waals surface area contributed by atoms with E-state index in [0.29, 0.717) is 28.8 Å². The molecular weight excluding hydrogens is 334 g/mol. The van der Waals surface area contributed by atoms with Crippen molar-refractivity contribution in [3.8, 4) is 0 Å². The maximum absolute atomic E-state index is 12.4. The molecular formula is C20H31NO5. The van der Waals surface area contributed by atoms with Crippen molar-refractivity contribution < 1.29 is 24.6 Å². The molecule has 6 nitrogen and oxygen atoms in total. The van der Waals surface area contributed by atoms with Gasteiger partial charge in [-0.1, -0.05) is 12.8 Å². The Morgan fingerprint density at radius 3 is 2.15 bits per heavy atom. The second-order valence-electron chi connectivity index (χ2n) is 7.18. The van der Waals surface area contributed by atoms with Crippen molar-refractivity contribution >= 4 is 17.5 Å². The number of aliphatic hydroxyl groups excluding tert-OH is 1. The normalized spacial score (nSPS) is 17.6. The van der Waals surface area contributed by atoms with Crippen LogP contribution in [0.25, 0.3) is 0 Å². The number of hydrogen-bond acceptors (Lipinski definition) is 5. The highest BCUT2D eigenvalue weighted by atomic mass is 16.3. The van der Waals surface area contributed by atoms with Crippen LogP contribution in [0.3, 0.4) is 0 Å². The van der Waals surface area contributed by atoms with Gasteiger partial charge in [-0.05, 0) is 53.4 Å². The molecule has 0 bridgehead atoms. The number of carbonyl (C=O) groups is 3. The largest absolute Gasteiger partial charge is 0.396 e. The number of rotatable bonds is 10. The lowest BCUT2D eigenvalue weighted by Crippen LogP contribution is -2.45. The molecule has 1 unspecified atom stereocenters. The number of unbranched alkanes of at least 4 members (excludes halogenated alkanes) is 3. The molecule has 0 radical (unpaired) electrons. The number of amides is 1. The summed E-state index contributed by atoms with van der Waals surface area (Å²) in [7, 11) is 0. The summed E-state index contributed by atoms with van der Waals surface area (Å²) in [5.74, 6) is -0.806. The number of ketones is 2. The molecule has 6 heteroatoms. The van der Waals surface area contributed by atoms with Gasteiger partial charge in [-0.25, -0.2) is 0 Å². The van der Waals surface area contributed by atoms with Gasteiger partial charge in [0.25, 0.3) is 5.91 Å². The van der Waals surface area contributed by atoms with E-state index < -0.39 is 11.5 Å². The summed E-state index contributed by atoms with van der Waals surface area (Å²) in [6.07, 6.45) is 3.58. The fourth-order valence-corrected chi connectivity index (χ4v) is 2.92. The SMILES string of the molecule is CC1=C(C)C(=O)C(CCC(C)(O)C(=O)NCCCCCCO)=C(C)C1=O. The van der Waals surface area contributed by atoms with Gasteiger partial charge in [-0.2, -0.15) is 0 Å². The monoisotopic (exact) mass is 365 g/mol. The number of hydrogen-bond donors (Lipinski definition) is 3. The van der Waals surface area contributed by atoms with E-state index in [1.807, 2.05) is 0 Å². The lowest BCUT2D eigenvalue weighted by Gasteiger charge is -2.24. The molecule has 0 spiro atoms. The minimum Gasteiger partial charge on any atom is -0.396 e. The molecule has 1 amide bonds. The quantitative estimate of drug-likeness (QED) is 0.406. The summed E-state index contributed by atoms with van der Waals surface area (Å²) in [6.45, 7) is 6.94. The van der Waals surface area contributed by atoms with Crippen molar-refractivity contribution in [2.24, 2.45) is 0 Å². The third-order valence-electron chi connectivity index (χ3n) is 5.03. The Balaban J connectivity index is 2.58. The first-order valence-corrected chi connectivity index (χ1v) is 9.21. The van der Waals surface area contributed by atoms with E-state index in [-0.39, 0.29) is 31.0 Å². The molecule has 1 aliphatic carbocycles. The Hall–Kier alpha value is -1.79. The van der Waals surface area contributed by atoms with E-state index in [4.69, 9.17) is 5.11 Å². The van der Waals surface area contributed by atoms with Gasteiger partial charge in [0, 0.05) is 35.4 Å². The number of Topliss-reactive ketones (excluding diaryl/α,β-unsaturated/α-hetero) is 2. The second-order valence-corrected chi connectivity index (χ2v) is 7.18. The second kappa shape index (κ2) is 9.78. The molecule has 1 atom stereocenters. The first-order chi connectivity index (χ1) is 12.1. The van der Waals surface area contributed by atoms with Crippen molar-refractivity contribution in [2.45, 2.75) is 71.8 Å². The molecule has 0 aromatic rings. The van der Waals surface area contributed by atoms with Crippen LogP contribution in [0.5, 0.6) is 0 Å². The molecule has 0 saturated heterocycles. The van der Waals surface area contributed by atoms with Gasteiger partial charge < -0.3 is 15.5 Å². The van der Waals surface area contributed by atoms with Crippen LogP contribution in [0, 0.1) is 0 Å². The predicted octanol–water partition coefficient (Wildman–Crippen LogP) is 1.99. The van der Waals surface area contributed by atoms with E-state index in [1.165, 1.54) is 6.92 Å². The lowest BCUT2D eigenvalue weighted by molar-refractivity contribution is -0.138. The molecule has 146 valence electrons. The molecule has 1 aliphatic rings. The fourth-order valence-electron chi connectivity index (χ4n) is 2.92. The highest BCUT2D eigenvalue weighted by Crippen LogP contribution is 2.28. The summed E-state index contributed by atoms with van der Waals surface area (Å²) in [4.78, 5) is 36.8. The molecule has 0 heterocycles. The molecule has 0 aromatic heterocycles. The topological polar surface area (TPSA) is 104 Å². The van der Waals surface area contributed by atoms with Crippen LogP contribution in [-0.2, 0) is 14.4 Å². The molecule has 0 aliphatic heterocycles. The van der Waals surface area contributed by atoms with Crippen LogP contribution in [0.4, 0.5) is 0 Å². The lowest BCUT2D eigenvalue weighted by atomic mass is 9.82. The Bertz CT molecular complexity index is 628. The fraction of sp³-hybridized carbons (Fsp3) is 0.650. The summed E-state index contributed by atoms with van der Waals surface area (Å²) < 4.78 is 0. The number of carbonyl (C=O) groups excluding carboxylic acids is 3. The molecule has 0 aromatic carbocycles. The van der Waals surface area contributed by atoms with E-state index in [1.54, 1.807) is 20.8 Å². The van der Waals surface area contributed by atoms with Crippen LogP contribution in [0.2, 0.25) is 0 Å². The Kier molecular flexibility index (Phi) is 8.37. The van der Waals surface area contributed by atoms with E-state index >= 15 is 0 Å². The summed E-state index contributed by atoms with van der Waals surface area (Å²) >= 11 is 0. The highest BCUT2D eigenvalue weighted by molar-refractivity contribution is 6.24. The van der Waals surface area contributed by atoms with Gasteiger partial charge in [-0.15, -0.1) is 0 Å². The van der Waals surface area contributed by atoms with Crippen LogP contribution in [0.1, 0.15) is 66.2 Å². The van der Waals surface area contributed by atoms with Gasteiger partial charge >= 0.3 is 0 Å². The zero-order chi connectivity index (χ0) is 19.9. The van der Waals surface area contributed by atoms with Crippen LogP contribution in [0.15, 0.2) is 22.3 Å². The number of allylic oxidation sites excluding steroid dienone is 4. The number of aliphatic hydroxyl groups is 2. The van der Waals surface area contributed by atoms with Crippen molar-refractivity contribution in [1.29, 1.82) is 0 Å². The third kappa shape index (κ3) is 5.61. The molecule has 0 fully saturated rings. The molecule has 26 heavy (non-hydrogen) atoms. The van der Waals surface area contributed by atoms with Crippen molar-refractivity contribution in [1.82, 2.24) is 5.32 Å². The Labute approximate surface area is 155 Å². The summed E-state index contributed by atoms with van der Waals surface area (Å²) in [5, 5.41) is 21.9. The first kappa shape index (κ1) is 22.3.